The second-order valence-corrected chi connectivity index (χ2v) is 4.83. The van der Waals surface area contributed by atoms with Crippen molar-refractivity contribution in [3.63, 3.8) is 0 Å². The normalized spacial score (nSPS) is 13.5. The van der Waals surface area contributed by atoms with E-state index in [0.29, 0.717) is 18.9 Å². The Labute approximate surface area is 106 Å². The first-order valence-electron chi connectivity index (χ1n) is 6.80. The Balaban J connectivity index is 0. The fraction of sp³-hybridized carbons (Fsp3) is 0.929. The summed E-state index contributed by atoms with van der Waals surface area (Å²) in [4.78, 5) is 10.0. The highest BCUT2D eigenvalue weighted by molar-refractivity contribution is 5.66. The van der Waals surface area contributed by atoms with Crippen LogP contribution in [0.1, 0.15) is 66.2 Å². The van der Waals surface area contributed by atoms with Crippen LogP contribution in [0, 0.1) is 11.8 Å². The molecule has 0 aliphatic carbocycles. The van der Waals surface area contributed by atoms with E-state index in [1.54, 1.807) is 0 Å². The van der Waals surface area contributed by atoms with E-state index in [0.717, 1.165) is 25.2 Å². The molecule has 0 unspecified atom stereocenters. The molecule has 0 saturated carbocycles. The molecular formula is C14H30O3. The molecule has 3 nitrogen and oxygen atoms in total. The lowest BCUT2D eigenvalue weighted by Gasteiger charge is -2.04. The zero-order valence-corrected chi connectivity index (χ0v) is 11.9. The van der Waals surface area contributed by atoms with E-state index in [-0.39, 0.29) is 0 Å². The van der Waals surface area contributed by atoms with Crippen LogP contribution < -0.4 is 0 Å². The number of hydrogen-bond acceptors (Lipinski definition) is 2. The molecule has 0 aromatic heterocycles. The van der Waals surface area contributed by atoms with Crippen LogP contribution in [-0.4, -0.2) is 22.8 Å². The fourth-order valence-corrected chi connectivity index (χ4v) is 1.22. The lowest BCUT2D eigenvalue weighted by Crippen LogP contribution is -1.99. The number of carboxylic acid groups (broad SMARTS) is 1. The number of carboxylic acids is 1. The smallest absolute Gasteiger partial charge is 0.303 e. The summed E-state index contributed by atoms with van der Waals surface area (Å²) in [5.41, 5.74) is 0. The van der Waals surface area contributed by atoms with Crippen molar-refractivity contribution in [2.45, 2.75) is 66.2 Å². The van der Waals surface area contributed by atoms with Gasteiger partial charge in [-0.2, -0.15) is 0 Å². The SMILES string of the molecule is CC[C@H](C)CCC(=O)O.CC[C@H](C)CCCO. The molecule has 17 heavy (non-hydrogen) atoms. The third-order valence-corrected chi connectivity index (χ3v) is 3.10. The Hall–Kier alpha value is -0.570. The fourth-order valence-electron chi connectivity index (χ4n) is 1.22. The van der Waals surface area contributed by atoms with Gasteiger partial charge in [-0.25, -0.2) is 0 Å². The maximum atomic E-state index is 10.0. The van der Waals surface area contributed by atoms with E-state index in [2.05, 4.69) is 27.7 Å². The summed E-state index contributed by atoms with van der Waals surface area (Å²) in [7, 11) is 0. The van der Waals surface area contributed by atoms with Crippen molar-refractivity contribution in [3.8, 4) is 0 Å². The first-order valence-corrected chi connectivity index (χ1v) is 6.80. The zero-order valence-electron chi connectivity index (χ0n) is 11.9. The molecule has 104 valence electrons. The molecular weight excluding hydrogens is 216 g/mol. The van der Waals surface area contributed by atoms with Gasteiger partial charge in [0.2, 0.25) is 0 Å². The Kier molecular flexibility index (Phi) is 14.9. The summed E-state index contributed by atoms with van der Waals surface area (Å²) < 4.78 is 0. The maximum Gasteiger partial charge on any atom is 0.303 e. The average molecular weight is 246 g/mol. The first-order chi connectivity index (χ1) is 7.97. The monoisotopic (exact) mass is 246 g/mol. The molecule has 2 N–H and O–H groups in total. The molecule has 0 radical (unpaired) electrons. The molecule has 3 heteroatoms. The van der Waals surface area contributed by atoms with Gasteiger partial charge < -0.3 is 10.2 Å². The van der Waals surface area contributed by atoms with Crippen molar-refractivity contribution in [2.24, 2.45) is 11.8 Å². The Morgan fingerprint density at radius 2 is 1.53 bits per heavy atom. The summed E-state index contributed by atoms with van der Waals surface area (Å²) in [6.07, 6.45) is 5.58. The van der Waals surface area contributed by atoms with Gasteiger partial charge in [0.25, 0.3) is 0 Å². The number of carbonyl (C=O) groups is 1. The summed E-state index contributed by atoms with van der Waals surface area (Å²) in [5, 5.41) is 16.7. The van der Waals surface area contributed by atoms with Gasteiger partial charge in [-0.05, 0) is 31.1 Å². The van der Waals surface area contributed by atoms with Crippen LogP contribution in [0.25, 0.3) is 0 Å². The molecule has 0 aromatic rings. The molecule has 2 atom stereocenters. The van der Waals surface area contributed by atoms with E-state index < -0.39 is 5.97 Å². The third-order valence-electron chi connectivity index (χ3n) is 3.10. The topological polar surface area (TPSA) is 57.5 Å². The average Bonchev–Trinajstić information content (AvgIpc) is 2.33. The predicted octanol–water partition coefficient (Wildman–Crippen LogP) is 3.70. The Morgan fingerprint density at radius 3 is 1.88 bits per heavy atom. The third kappa shape index (κ3) is 18.0. The van der Waals surface area contributed by atoms with Crippen LogP contribution in [0.3, 0.4) is 0 Å². The molecule has 0 heterocycles. The highest BCUT2D eigenvalue weighted by atomic mass is 16.4. The van der Waals surface area contributed by atoms with Crippen LogP contribution in [0.2, 0.25) is 0 Å². The van der Waals surface area contributed by atoms with Crippen LogP contribution >= 0.6 is 0 Å². The van der Waals surface area contributed by atoms with Crippen LogP contribution in [0.15, 0.2) is 0 Å². The van der Waals surface area contributed by atoms with Crippen molar-refractivity contribution in [1.29, 1.82) is 0 Å². The largest absolute Gasteiger partial charge is 0.481 e. The second kappa shape index (κ2) is 13.5. The minimum atomic E-state index is -0.685. The molecule has 0 aliphatic heterocycles. The molecule has 0 bridgehead atoms. The molecule has 0 spiro atoms. The number of hydrogen-bond donors (Lipinski definition) is 2. The zero-order chi connectivity index (χ0) is 13.7. The molecule has 0 rings (SSSR count). The van der Waals surface area contributed by atoms with Crippen molar-refractivity contribution in [2.75, 3.05) is 6.61 Å². The van der Waals surface area contributed by atoms with E-state index in [9.17, 15) is 4.79 Å². The standard InChI is InChI=1S/C7H14O2.C7H16O/c1-3-6(2)4-5-7(8)9;1-3-7(2)5-4-6-8/h6H,3-5H2,1-2H3,(H,8,9);7-8H,3-6H2,1-2H3/t6-;7-/m00/s1. The van der Waals surface area contributed by atoms with Gasteiger partial charge in [0.05, 0.1) is 0 Å². The summed E-state index contributed by atoms with van der Waals surface area (Å²) in [6, 6.07) is 0. The van der Waals surface area contributed by atoms with Gasteiger partial charge in [0, 0.05) is 13.0 Å². The van der Waals surface area contributed by atoms with Gasteiger partial charge in [0.1, 0.15) is 0 Å². The van der Waals surface area contributed by atoms with Gasteiger partial charge >= 0.3 is 5.97 Å². The Morgan fingerprint density at radius 1 is 1.06 bits per heavy atom. The maximum absolute atomic E-state index is 10.0. The number of rotatable bonds is 8. The van der Waals surface area contributed by atoms with Crippen molar-refractivity contribution in [3.05, 3.63) is 0 Å². The Bertz CT molecular complexity index is 169. The summed E-state index contributed by atoms with van der Waals surface area (Å²) in [6.45, 7) is 8.90. The lowest BCUT2D eigenvalue weighted by atomic mass is 10.0. The van der Waals surface area contributed by atoms with Crippen molar-refractivity contribution >= 4 is 5.97 Å². The van der Waals surface area contributed by atoms with Crippen molar-refractivity contribution in [1.82, 2.24) is 0 Å². The minimum absolute atomic E-state index is 0.314. The number of aliphatic hydroxyl groups excluding tert-OH is 1. The van der Waals surface area contributed by atoms with Gasteiger partial charge in [-0.3, -0.25) is 4.79 Å². The molecule has 0 fully saturated rings. The summed E-state index contributed by atoms with van der Waals surface area (Å²) in [5.74, 6) is 0.665. The van der Waals surface area contributed by atoms with Crippen LogP contribution in [0.5, 0.6) is 0 Å². The number of aliphatic carboxylic acids is 1. The van der Waals surface area contributed by atoms with Gasteiger partial charge in [-0.1, -0.05) is 40.5 Å². The summed E-state index contributed by atoms with van der Waals surface area (Å²) >= 11 is 0. The highest BCUT2D eigenvalue weighted by Gasteiger charge is 2.01. The second-order valence-electron chi connectivity index (χ2n) is 4.83. The van der Waals surface area contributed by atoms with E-state index >= 15 is 0 Å². The van der Waals surface area contributed by atoms with Gasteiger partial charge in [-0.15, -0.1) is 0 Å². The molecule has 0 aromatic carbocycles. The number of aliphatic hydroxyl groups is 1. The molecule has 0 saturated heterocycles. The molecule has 0 amide bonds. The van der Waals surface area contributed by atoms with E-state index in [4.69, 9.17) is 10.2 Å². The van der Waals surface area contributed by atoms with E-state index in [1.165, 1.54) is 12.8 Å². The minimum Gasteiger partial charge on any atom is -0.481 e. The highest BCUT2D eigenvalue weighted by Crippen LogP contribution is 2.08. The first kappa shape index (κ1) is 18.8. The van der Waals surface area contributed by atoms with Crippen molar-refractivity contribution < 1.29 is 15.0 Å². The lowest BCUT2D eigenvalue weighted by molar-refractivity contribution is -0.137. The predicted molar refractivity (Wildman–Crippen MR) is 72.1 cm³/mol. The molecule has 0 aliphatic rings. The van der Waals surface area contributed by atoms with Gasteiger partial charge in [0.15, 0.2) is 0 Å². The van der Waals surface area contributed by atoms with Crippen LogP contribution in [0.4, 0.5) is 0 Å². The van der Waals surface area contributed by atoms with E-state index in [1.807, 2.05) is 0 Å². The van der Waals surface area contributed by atoms with Crippen LogP contribution in [-0.2, 0) is 4.79 Å². The quantitative estimate of drug-likeness (QED) is 0.686.